The minimum Gasteiger partial charge on any atom is -0.468 e. The van der Waals surface area contributed by atoms with E-state index in [9.17, 15) is 9.59 Å². The first-order valence-electron chi connectivity index (χ1n) is 9.27. The van der Waals surface area contributed by atoms with Crippen molar-refractivity contribution in [3.8, 4) is 0 Å². The summed E-state index contributed by atoms with van der Waals surface area (Å²) in [6.07, 6.45) is 3.65. The van der Waals surface area contributed by atoms with E-state index in [1.54, 1.807) is 22.5 Å². The van der Waals surface area contributed by atoms with E-state index in [1.807, 2.05) is 18.2 Å². The lowest BCUT2D eigenvalue weighted by Crippen LogP contribution is -2.35. The fourth-order valence-electron chi connectivity index (χ4n) is 3.61. The third-order valence-electron chi connectivity index (χ3n) is 4.99. The Morgan fingerprint density at radius 2 is 2.22 bits per heavy atom. The van der Waals surface area contributed by atoms with Crippen LogP contribution in [-0.4, -0.2) is 54.6 Å². The summed E-state index contributed by atoms with van der Waals surface area (Å²) in [5, 5.41) is 2.89. The second kappa shape index (κ2) is 8.14. The van der Waals surface area contributed by atoms with Gasteiger partial charge >= 0.3 is 6.09 Å². The molecule has 8 heteroatoms. The van der Waals surface area contributed by atoms with Gasteiger partial charge in [-0.05, 0) is 43.7 Å². The average Bonchev–Trinajstić information content (AvgIpc) is 3.43. The number of rotatable bonds is 7. The van der Waals surface area contributed by atoms with E-state index in [1.165, 1.54) is 4.88 Å². The molecule has 1 atom stereocenters. The molecule has 144 valence electrons. The van der Waals surface area contributed by atoms with Gasteiger partial charge in [0.1, 0.15) is 12.4 Å². The summed E-state index contributed by atoms with van der Waals surface area (Å²) in [7, 11) is 0. The maximum atomic E-state index is 12.4. The SMILES string of the molecule is O=C(NCCN1CCOC1=O)c1ccc(C2CCCN2Cc2ccco2)s1. The van der Waals surface area contributed by atoms with Crippen LogP contribution < -0.4 is 5.32 Å². The Morgan fingerprint density at radius 3 is 3.00 bits per heavy atom. The second-order valence-corrected chi connectivity index (χ2v) is 7.88. The van der Waals surface area contributed by atoms with Crippen LogP contribution >= 0.6 is 11.3 Å². The molecule has 2 fully saturated rings. The zero-order valence-corrected chi connectivity index (χ0v) is 15.9. The van der Waals surface area contributed by atoms with Crippen LogP contribution in [0.2, 0.25) is 0 Å². The standard InChI is InChI=1S/C19H23N3O4S/c23-18(20-7-9-21-10-12-26-19(21)24)17-6-5-16(27-17)15-4-1-8-22(15)13-14-3-2-11-25-14/h2-3,5-6,11,15H,1,4,7-10,12-13H2,(H,20,23). The van der Waals surface area contributed by atoms with Crippen molar-refractivity contribution in [1.82, 2.24) is 15.1 Å². The molecule has 4 rings (SSSR count). The van der Waals surface area contributed by atoms with Crippen molar-refractivity contribution in [2.24, 2.45) is 0 Å². The van der Waals surface area contributed by atoms with Gasteiger partial charge in [-0.15, -0.1) is 11.3 Å². The molecule has 1 N–H and O–H groups in total. The summed E-state index contributed by atoms with van der Waals surface area (Å²) in [5.74, 6) is 0.881. The van der Waals surface area contributed by atoms with Gasteiger partial charge in [0.25, 0.3) is 5.91 Å². The molecule has 2 aromatic rings. The van der Waals surface area contributed by atoms with Crippen molar-refractivity contribution >= 4 is 23.3 Å². The number of hydrogen-bond acceptors (Lipinski definition) is 6. The summed E-state index contributed by atoms with van der Waals surface area (Å²) in [5.41, 5.74) is 0. The van der Waals surface area contributed by atoms with Gasteiger partial charge in [0.05, 0.1) is 24.2 Å². The summed E-state index contributed by atoms with van der Waals surface area (Å²) >= 11 is 1.55. The van der Waals surface area contributed by atoms with Gasteiger partial charge in [0, 0.05) is 24.0 Å². The van der Waals surface area contributed by atoms with Crippen LogP contribution in [0.1, 0.15) is 39.2 Å². The lowest BCUT2D eigenvalue weighted by Gasteiger charge is -2.22. The number of thiophene rings is 1. The number of furan rings is 1. The van der Waals surface area contributed by atoms with Crippen LogP contribution in [0.4, 0.5) is 4.79 Å². The molecule has 27 heavy (non-hydrogen) atoms. The molecule has 2 amide bonds. The van der Waals surface area contributed by atoms with Gasteiger partial charge in [-0.2, -0.15) is 0 Å². The number of carbonyl (C=O) groups is 2. The monoisotopic (exact) mass is 389 g/mol. The fourth-order valence-corrected chi connectivity index (χ4v) is 4.71. The third kappa shape index (κ3) is 4.17. The molecule has 0 saturated carbocycles. The van der Waals surface area contributed by atoms with Crippen molar-refractivity contribution in [1.29, 1.82) is 0 Å². The minimum atomic E-state index is -0.305. The Bertz CT molecular complexity index is 789. The van der Waals surface area contributed by atoms with Gasteiger partial charge < -0.3 is 19.4 Å². The van der Waals surface area contributed by atoms with E-state index in [4.69, 9.17) is 9.15 Å². The highest BCUT2D eigenvalue weighted by Gasteiger charge is 2.28. The molecular weight excluding hydrogens is 366 g/mol. The summed E-state index contributed by atoms with van der Waals surface area (Å²) in [4.78, 5) is 29.7. The van der Waals surface area contributed by atoms with Gasteiger partial charge in [0.15, 0.2) is 0 Å². The number of hydrogen-bond donors (Lipinski definition) is 1. The lowest BCUT2D eigenvalue weighted by molar-refractivity contribution is 0.0953. The van der Waals surface area contributed by atoms with Crippen molar-refractivity contribution in [3.05, 3.63) is 46.0 Å². The Hall–Kier alpha value is -2.32. The fraction of sp³-hybridized carbons (Fsp3) is 0.474. The molecule has 2 aliphatic heterocycles. The molecule has 0 aromatic carbocycles. The molecule has 0 aliphatic carbocycles. The quantitative estimate of drug-likeness (QED) is 0.788. The number of cyclic esters (lactones) is 1. The largest absolute Gasteiger partial charge is 0.468 e. The molecule has 2 aliphatic rings. The zero-order valence-electron chi connectivity index (χ0n) is 15.1. The predicted molar refractivity (Wildman–Crippen MR) is 101 cm³/mol. The number of nitrogens with zero attached hydrogens (tertiary/aromatic N) is 2. The molecule has 7 nitrogen and oxygen atoms in total. The molecule has 1 unspecified atom stereocenters. The van der Waals surface area contributed by atoms with Gasteiger partial charge in [-0.25, -0.2) is 4.79 Å². The Kier molecular flexibility index (Phi) is 5.45. The molecule has 4 heterocycles. The molecule has 0 radical (unpaired) electrons. The van der Waals surface area contributed by atoms with Crippen LogP contribution in [0, 0.1) is 0 Å². The molecular formula is C19H23N3O4S. The van der Waals surface area contributed by atoms with E-state index in [0.29, 0.717) is 37.2 Å². The summed E-state index contributed by atoms with van der Waals surface area (Å²) in [6.45, 7) is 3.75. The van der Waals surface area contributed by atoms with Crippen molar-refractivity contribution < 1.29 is 18.7 Å². The van der Waals surface area contributed by atoms with Gasteiger partial charge in [0.2, 0.25) is 0 Å². The van der Waals surface area contributed by atoms with Gasteiger partial charge in [-0.3, -0.25) is 9.69 Å². The number of likely N-dealkylation sites (tertiary alicyclic amines) is 1. The van der Waals surface area contributed by atoms with E-state index in [-0.39, 0.29) is 12.0 Å². The van der Waals surface area contributed by atoms with E-state index in [2.05, 4.69) is 16.3 Å². The Morgan fingerprint density at radius 1 is 1.30 bits per heavy atom. The van der Waals surface area contributed by atoms with E-state index >= 15 is 0 Å². The van der Waals surface area contributed by atoms with Crippen molar-refractivity contribution in [3.63, 3.8) is 0 Å². The Labute approximate surface area is 161 Å². The lowest BCUT2D eigenvalue weighted by atomic mass is 10.2. The second-order valence-electron chi connectivity index (χ2n) is 6.77. The first-order valence-corrected chi connectivity index (χ1v) is 10.1. The topological polar surface area (TPSA) is 75.0 Å². The zero-order chi connectivity index (χ0) is 18.6. The van der Waals surface area contributed by atoms with Crippen molar-refractivity contribution in [2.75, 3.05) is 32.8 Å². The predicted octanol–water partition coefficient (Wildman–Crippen LogP) is 2.86. The van der Waals surface area contributed by atoms with Gasteiger partial charge in [-0.1, -0.05) is 0 Å². The number of nitrogens with one attached hydrogen (secondary N) is 1. The smallest absolute Gasteiger partial charge is 0.409 e. The third-order valence-corrected chi connectivity index (χ3v) is 6.18. The summed E-state index contributed by atoms with van der Waals surface area (Å²) < 4.78 is 10.4. The number of amides is 2. The molecule has 2 saturated heterocycles. The van der Waals surface area contributed by atoms with Crippen LogP contribution in [0.15, 0.2) is 34.9 Å². The number of ether oxygens (including phenoxy) is 1. The van der Waals surface area contributed by atoms with Crippen LogP contribution in [0.3, 0.4) is 0 Å². The molecule has 2 aromatic heterocycles. The Balaban J connectivity index is 1.32. The minimum absolute atomic E-state index is 0.0885. The number of carbonyl (C=O) groups excluding carboxylic acids is 2. The van der Waals surface area contributed by atoms with Crippen LogP contribution in [0.5, 0.6) is 0 Å². The van der Waals surface area contributed by atoms with Crippen LogP contribution in [-0.2, 0) is 11.3 Å². The highest BCUT2D eigenvalue weighted by molar-refractivity contribution is 7.14. The first kappa shape index (κ1) is 18.1. The van der Waals surface area contributed by atoms with E-state index < -0.39 is 0 Å². The normalized spacial score (nSPS) is 20.2. The average molecular weight is 389 g/mol. The molecule has 0 bridgehead atoms. The first-order chi connectivity index (χ1) is 13.2. The van der Waals surface area contributed by atoms with Crippen LogP contribution in [0.25, 0.3) is 0 Å². The highest BCUT2D eigenvalue weighted by Crippen LogP contribution is 2.36. The van der Waals surface area contributed by atoms with E-state index in [0.717, 1.165) is 31.7 Å². The maximum Gasteiger partial charge on any atom is 0.409 e. The highest BCUT2D eigenvalue weighted by atomic mass is 32.1. The van der Waals surface area contributed by atoms with Crippen molar-refractivity contribution in [2.45, 2.75) is 25.4 Å². The summed E-state index contributed by atoms with van der Waals surface area (Å²) in [6, 6.07) is 8.20. The maximum absolute atomic E-state index is 12.4. The molecule has 0 spiro atoms.